The summed E-state index contributed by atoms with van der Waals surface area (Å²) in [4.78, 5) is 25.3. The summed E-state index contributed by atoms with van der Waals surface area (Å²) in [6, 6.07) is 5.05. The number of halogens is 3. The van der Waals surface area contributed by atoms with Gasteiger partial charge in [-0.2, -0.15) is 0 Å². The average molecular weight is 512 g/mol. The van der Waals surface area contributed by atoms with Crippen LogP contribution in [0.4, 0.5) is 19.0 Å². The van der Waals surface area contributed by atoms with Gasteiger partial charge in [0, 0.05) is 12.3 Å². The Balaban J connectivity index is 1.57. The third-order valence-electron chi connectivity index (χ3n) is 6.23. The molecule has 1 saturated heterocycles. The zero-order valence-corrected chi connectivity index (χ0v) is 20.0. The Morgan fingerprint density at radius 1 is 1.34 bits per heavy atom. The van der Waals surface area contributed by atoms with Gasteiger partial charge in [0.25, 0.3) is 12.3 Å². The SMILES string of the molecule is CC1(c2nc(NC(=O)c3ccc(OCC(F)F)cn3)ccc2F)CS2([O-])NCCCC2(C)C(N)=N1. The minimum atomic E-state index is -2.72. The van der Waals surface area contributed by atoms with Crippen LogP contribution >= 0.6 is 10.5 Å². The molecule has 4 rings (SSSR count). The van der Waals surface area contributed by atoms with Crippen molar-refractivity contribution in [1.82, 2.24) is 14.7 Å². The van der Waals surface area contributed by atoms with Gasteiger partial charge >= 0.3 is 0 Å². The third-order valence-corrected chi connectivity index (χ3v) is 9.74. The van der Waals surface area contributed by atoms with Crippen LogP contribution in [0, 0.1) is 5.82 Å². The second-order valence-electron chi connectivity index (χ2n) is 8.88. The highest BCUT2D eigenvalue weighted by Crippen LogP contribution is 2.62. The van der Waals surface area contributed by atoms with E-state index in [1.807, 2.05) is 0 Å². The number of amides is 1. The molecule has 4 N–H and O–H groups in total. The quantitative estimate of drug-likeness (QED) is 0.542. The molecule has 2 aliphatic heterocycles. The minimum Gasteiger partial charge on any atom is -0.800 e. The summed E-state index contributed by atoms with van der Waals surface area (Å²) in [6.07, 6.45) is -0.0912. The number of alkyl halides is 2. The number of rotatable bonds is 6. The number of pyridine rings is 2. The molecular weight excluding hydrogens is 485 g/mol. The number of fused-ring (bicyclic) bond motifs is 1. The number of nitrogens with zero attached hydrogens (tertiary/aromatic N) is 3. The Morgan fingerprint density at radius 2 is 2.11 bits per heavy atom. The summed E-state index contributed by atoms with van der Waals surface area (Å²) in [7, 11) is -2.72. The number of carbonyl (C=O) groups excluding carboxylic acids is 1. The lowest BCUT2D eigenvalue weighted by Crippen LogP contribution is -2.60. The van der Waals surface area contributed by atoms with E-state index >= 15 is 0 Å². The zero-order valence-electron chi connectivity index (χ0n) is 19.2. The Morgan fingerprint density at radius 3 is 2.80 bits per heavy atom. The first kappa shape index (κ1) is 25.2. The zero-order chi connectivity index (χ0) is 25.4. The second kappa shape index (κ2) is 9.28. The number of carbonyl (C=O) groups is 1. The number of nitrogens with one attached hydrogen (secondary N) is 2. The molecule has 3 unspecified atom stereocenters. The van der Waals surface area contributed by atoms with Gasteiger partial charge in [-0.15, -0.1) is 0 Å². The lowest BCUT2D eigenvalue weighted by Gasteiger charge is -2.66. The number of hydrogen-bond donors (Lipinski definition) is 3. The van der Waals surface area contributed by atoms with Crippen molar-refractivity contribution >= 4 is 28.1 Å². The van der Waals surface area contributed by atoms with Gasteiger partial charge in [0.05, 0.1) is 10.9 Å². The Hall–Kier alpha value is -2.90. The Labute approximate surface area is 202 Å². The fraction of sp³-hybridized carbons (Fsp3) is 0.455. The van der Waals surface area contributed by atoms with Crippen molar-refractivity contribution in [3.8, 4) is 5.75 Å². The second-order valence-corrected chi connectivity index (χ2v) is 11.7. The topological polar surface area (TPSA) is 138 Å². The molecule has 9 nitrogen and oxygen atoms in total. The molecular formula is C22H26F3N6O3S-. The summed E-state index contributed by atoms with van der Waals surface area (Å²) in [5.74, 6) is -1.04. The van der Waals surface area contributed by atoms with Gasteiger partial charge in [-0.3, -0.25) is 25.0 Å². The molecule has 0 bridgehead atoms. The number of aliphatic imine (C=N–C) groups is 1. The van der Waals surface area contributed by atoms with E-state index in [4.69, 9.17) is 10.5 Å². The first-order valence-corrected chi connectivity index (χ1v) is 12.7. The van der Waals surface area contributed by atoms with Crippen LogP contribution in [-0.4, -0.2) is 56.3 Å². The lowest BCUT2D eigenvalue weighted by atomic mass is 9.96. The molecule has 0 aliphatic carbocycles. The van der Waals surface area contributed by atoms with Crippen molar-refractivity contribution in [3.05, 3.63) is 47.7 Å². The number of amidine groups is 1. The maximum absolute atomic E-state index is 14.9. The molecule has 2 aliphatic rings. The highest BCUT2D eigenvalue weighted by molar-refractivity contribution is 8.29. The third kappa shape index (κ3) is 4.80. The van der Waals surface area contributed by atoms with Crippen molar-refractivity contribution in [1.29, 1.82) is 0 Å². The number of ether oxygens (including phenoxy) is 1. The number of hydrogen-bond acceptors (Lipinski definition) is 8. The molecule has 0 saturated carbocycles. The Bertz CT molecular complexity index is 1150. The first-order chi connectivity index (χ1) is 16.5. The van der Waals surface area contributed by atoms with E-state index in [2.05, 4.69) is 25.0 Å². The van der Waals surface area contributed by atoms with E-state index in [1.54, 1.807) is 13.8 Å². The van der Waals surface area contributed by atoms with Crippen molar-refractivity contribution in [2.75, 3.05) is 24.2 Å². The Kier molecular flexibility index (Phi) is 6.68. The lowest BCUT2D eigenvalue weighted by molar-refractivity contribution is 0.0816. The van der Waals surface area contributed by atoms with Gasteiger partial charge in [-0.1, -0.05) is 0 Å². The van der Waals surface area contributed by atoms with Crippen LogP contribution in [0.15, 0.2) is 35.5 Å². The first-order valence-electron chi connectivity index (χ1n) is 10.9. The monoisotopic (exact) mass is 511 g/mol. The van der Waals surface area contributed by atoms with Gasteiger partial charge < -0.3 is 20.3 Å². The molecule has 2 aromatic heterocycles. The van der Waals surface area contributed by atoms with E-state index in [9.17, 15) is 22.5 Å². The standard InChI is InChI=1S/C22H27F3N6O3S/c1-21(12-35(33)22(2,20(26)31-21)8-3-9-28-35)18-14(23)5-7-17(29-18)30-19(32)15-6-4-13(10-27-15)34-11-16(24)25/h4-7,10,16,28,33H,3,8-9,11-12H2,1-2H3,(H2,26,31)(H,29,30,32)/p-1. The van der Waals surface area contributed by atoms with Crippen LogP contribution in [0.3, 0.4) is 0 Å². The van der Waals surface area contributed by atoms with Crippen molar-refractivity contribution in [3.63, 3.8) is 0 Å². The van der Waals surface area contributed by atoms with Crippen LogP contribution in [0.5, 0.6) is 5.75 Å². The number of aromatic nitrogens is 2. The van der Waals surface area contributed by atoms with E-state index in [-0.39, 0.29) is 34.5 Å². The normalized spacial score (nSPS) is 30.1. The minimum absolute atomic E-state index is 0.000153. The van der Waals surface area contributed by atoms with E-state index in [1.165, 1.54) is 18.2 Å². The highest BCUT2D eigenvalue weighted by atomic mass is 32.3. The fourth-order valence-electron chi connectivity index (χ4n) is 4.26. The van der Waals surface area contributed by atoms with Crippen molar-refractivity contribution in [2.24, 2.45) is 10.7 Å². The van der Waals surface area contributed by atoms with Crippen molar-refractivity contribution < 1.29 is 27.3 Å². The summed E-state index contributed by atoms with van der Waals surface area (Å²) >= 11 is 0. The molecule has 1 fully saturated rings. The number of anilines is 1. The van der Waals surface area contributed by atoms with Gasteiger partial charge in [-0.25, -0.2) is 23.1 Å². The van der Waals surface area contributed by atoms with E-state index in [0.717, 1.165) is 18.7 Å². The maximum atomic E-state index is 14.9. The van der Waals surface area contributed by atoms with Gasteiger partial charge in [0.2, 0.25) is 0 Å². The smallest absolute Gasteiger partial charge is 0.275 e. The maximum Gasteiger partial charge on any atom is 0.275 e. The molecule has 3 atom stereocenters. The predicted molar refractivity (Wildman–Crippen MR) is 126 cm³/mol. The van der Waals surface area contributed by atoms with Crippen LogP contribution in [0.25, 0.3) is 0 Å². The summed E-state index contributed by atoms with van der Waals surface area (Å²) < 4.78 is 60.4. The molecule has 13 heteroatoms. The molecule has 1 amide bonds. The molecule has 35 heavy (non-hydrogen) atoms. The predicted octanol–water partition coefficient (Wildman–Crippen LogP) is 3.09. The molecule has 0 spiro atoms. The van der Waals surface area contributed by atoms with Crippen LogP contribution in [-0.2, 0) is 5.54 Å². The molecule has 2 aromatic rings. The molecule has 0 radical (unpaired) electrons. The molecule has 4 heterocycles. The largest absolute Gasteiger partial charge is 0.800 e. The average Bonchev–Trinajstić information content (AvgIpc) is 2.80. The summed E-state index contributed by atoms with van der Waals surface area (Å²) in [5.41, 5.74) is 4.82. The van der Waals surface area contributed by atoms with E-state index < -0.39 is 45.5 Å². The van der Waals surface area contributed by atoms with Crippen molar-refractivity contribution in [2.45, 2.75) is 43.4 Å². The summed E-state index contributed by atoms with van der Waals surface area (Å²) in [6.45, 7) is 3.18. The van der Waals surface area contributed by atoms with Gasteiger partial charge in [-0.05, 0) is 51.0 Å². The molecule has 190 valence electrons. The molecule has 0 aromatic carbocycles. The highest BCUT2D eigenvalue weighted by Gasteiger charge is 2.50. The summed E-state index contributed by atoms with van der Waals surface area (Å²) in [5, 5.41) is 2.53. The van der Waals surface area contributed by atoms with Gasteiger partial charge in [0.1, 0.15) is 46.8 Å². The van der Waals surface area contributed by atoms with Crippen LogP contribution in [0.2, 0.25) is 0 Å². The fourth-order valence-corrected chi connectivity index (χ4v) is 7.32. The van der Waals surface area contributed by atoms with Crippen LogP contribution < -0.4 is 20.5 Å². The van der Waals surface area contributed by atoms with Gasteiger partial charge in [0.15, 0.2) is 0 Å². The van der Waals surface area contributed by atoms with E-state index in [0.29, 0.717) is 13.0 Å². The van der Waals surface area contributed by atoms with Crippen LogP contribution in [0.1, 0.15) is 42.9 Å². The number of nitrogens with two attached hydrogens (primary N) is 1.